The maximum absolute atomic E-state index is 13.6. The number of aliphatic carboxylic acids is 1. The number of aliphatic hydroxyl groups is 1. The number of hydrogen-bond donors (Lipinski definition) is 7. The van der Waals surface area contributed by atoms with Gasteiger partial charge in [0.25, 0.3) is 0 Å². The van der Waals surface area contributed by atoms with Crippen LogP contribution in [0.3, 0.4) is 0 Å². The largest absolute Gasteiger partial charge is 0.480 e. The van der Waals surface area contributed by atoms with Gasteiger partial charge in [0, 0.05) is 35.8 Å². The number of aromatic nitrogens is 1. The smallest absolute Gasteiger partial charge is 0.328 e. The third kappa shape index (κ3) is 6.13. The molecule has 0 aliphatic carbocycles. The number of nitrogens with two attached hydrogens (primary N) is 1. The lowest BCUT2D eigenvalue weighted by Gasteiger charge is -2.30. The Labute approximate surface area is 207 Å². The lowest BCUT2D eigenvalue weighted by Crippen LogP contribution is -2.58. The van der Waals surface area contributed by atoms with Crippen LogP contribution >= 0.6 is 12.6 Å². The molecule has 12 heteroatoms. The number of para-hydroxylation sites is 1. The Kier molecular flexibility index (Phi) is 8.76. The van der Waals surface area contributed by atoms with Gasteiger partial charge in [-0.05, 0) is 31.4 Å². The monoisotopic (exact) mass is 505 g/mol. The van der Waals surface area contributed by atoms with Crippen LogP contribution in [0, 0.1) is 0 Å². The van der Waals surface area contributed by atoms with Crippen molar-refractivity contribution in [1.82, 2.24) is 20.5 Å². The fraction of sp³-hybridized carbons (Fsp3) is 0.478. The summed E-state index contributed by atoms with van der Waals surface area (Å²) in [6, 6.07) is 3.19. The first kappa shape index (κ1) is 26.5. The molecule has 1 aliphatic rings. The quantitative estimate of drug-likeness (QED) is 0.211. The maximum atomic E-state index is 13.6. The number of carbonyl (C=O) groups excluding carboxylic acids is 3. The lowest BCUT2D eigenvalue weighted by atomic mass is 10.0. The molecule has 2 heterocycles. The van der Waals surface area contributed by atoms with Crippen molar-refractivity contribution in [3.8, 4) is 0 Å². The summed E-state index contributed by atoms with van der Waals surface area (Å²) in [5, 5.41) is 24.9. The fourth-order valence-corrected chi connectivity index (χ4v) is 4.39. The van der Waals surface area contributed by atoms with E-state index >= 15 is 0 Å². The number of hydrogen-bond acceptors (Lipinski definition) is 7. The zero-order chi connectivity index (χ0) is 25.7. The van der Waals surface area contributed by atoms with Crippen molar-refractivity contribution >= 4 is 47.2 Å². The van der Waals surface area contributed by atoms with Crippen molar-refractivity contribution in [1.29, 1.82) is 0 Å². The maximum Gasteiger partial charge on any atom is 0.328 e. The zero-order valence-corrected chi connectivity index (χ0v) is 20.2. The first-order valence-electron chi connectivity index (χ1n) is 11.4. The molecule has 3 rings (SSSR count). The molecule has 5 unspecified atom stereocenters. The van der Waals surface area contributed by atoms with Crippen LogP contribution in [-0.2, 0) is 25.6 Å². The molecule has 1 saturated heterocycles. The van der Waals surface area contributed by atoms with Crippen LogP contribution in [0.25, 0.3) is 10.9 Å². The van der Waals surface area contributed by atoms with E-state index in [1.807, 2.05) is 24.3 Å². The van der Waals surface area contributed by atoms with Gasteiger partial charge >= 0.3 is 5.97 Å². The first-order valence-corrected chi connectivity index (χ1v) is 12.0. The Morgan fingerprint density at radius 2 is 1.97 bits per heavy atom. The molecule has 0 saturated carbocycles. The number of thiol groups is 1. The molecule has 2 aromatic rings. The zero-order valence-electron chi connectivity index (χ0n) is 19.3. The average molecular weight is 506 g/mol. The Morgan fingerprint density at radius 3 is 2.63 bits per heavy atom. The van der Waals surface area contributed by atoms with Crippen molar-refractivity contribution < 1.29 is 29.4 Å². The van der Waals surface area contributed by atoms with E-state index in [0.717, 1.165) is 16.5 Å². The number of nitrogens with one attached hydrogen (secondary N) is 3. The first-order chi connectivity index (χ1) is 16.6. The summed E-state index contributed by atoms with van der Waals surface area (Å²) in [5.74, 6) is -2.98. The minimum absolute atomic E-state index is 0.0878. The number of carbonyl (C=O) groups is 4. The molecule has 1 aliphatic heterocycles. The van der Waals surface area contributed by atoms with Gasteiger partial charge in [0.15, 0.2) is 6.04 Å². The minimum Gasteiger partial charge on any atom is -0.480 e. The summed E-state index contributed by atoms with van der Waals surface area (Å²) in [4.78, 5) is 54.9. The van der Waals surface area contributed by atoms with Crippen molar-refractivity contribution in [2.75, 3.05) is 12.3 Å². The van der Waals surface area contributed by atoms with Crippen molar-refractivity contribution in [2.45, 2.75) is 56.5 Å². The molecular weight excluding hydrogens is 474 g/mol. The molecule has 1 aromatic heterocycles. The Balaban J connectivity index is 1.84. The van der Waals surface area contributed by atoms with Gasteiger partial charge in [-0.2, -0.15) is 12.6 Å². The molecule has 0 bridgehead atoms. The van der Waals surface area contributed by atoms with E-state index in [9.17, 15) is 29.4 Å². The number of H-pyrrole nitrogens is 1. The van der Waals surface area contributed by atoms with E-state index < -0.39 is 54.0 Å². The number of likely N-dealkylation sites (tertiary alicyclic amines) is 1. The van der Waals surface area contributed by atoms with Crippen LogP contribution < -0.4 is 16.4 Å². The molecule has 0 spiro atoms. The van der Waals surface area contributed by atoms with Crippen LogP contribution in [0.15, 0.2) is 30.5 Å². The number of aliphatic hydroxyl groups excluding tert-OH is 1. The number of aromatic amines is 1. The number of benzene rings is 1. The van der Waals surface area contributed by atoms with Crippen LogP contribution in [0.4, 0.5) is 0 Å². The van der Waals surface area contributed by atoms with Gasteiger partial charge in [-0.25, -0.2) is 4.79 Å². The van der Waals surface area contributed by atoms with E-state index in [0.29, 0.717) is 12.8 Å². The topological polar surface area (TPSA) is 178 Å². The predicted molar refractivity (Wildman–Crippen MR) is 132 cm³/mol. The Hall–Kier alpha value is -3.09. The molecule has 11 nitrogen and oxygen atoms in total. The van der Waals surface area contributed by atoms with Gasteiger partial charge in [-0.3, -0.25) is 14.4 Å². The summed E-state index contributed by atoms with van der Waals surface area (Å²) in [7, 11) is 0. The van der Waals surface area contributed by atoms with E-state index in [1.54, 1.807) is 6.20 Å². The molecule has 3 amide bonds. The molecule has 35 heavy (non-hydrogen) atoms. The number of carboxylic acids is 1. The molecule has 0 radical (unpaired) electrons. The number of fused-ring (bicyclic) bond motifs is 1. The normalized spacial score (nSPS) is 19.1. The van der Waals surface area contributed by atoms with Crippen LogP contribution in [0.2, 0.25) is 0 Å². The molecule has 5 atom stereocenters. The van der Waals surface area contributed by atoms with Gasteiger partial charge in [0.2, 0.25) is 17.7 Å². The fourth-order valence-electron chi connectivity index (χ4n) is 4.22. The highest BCUT2D eigenvalue weighted by Crippen LogP contribution is 2.23. The molecular formula is C23H31N5O6S. The minimum atomic E-state index is -1.50. The van der Waals surface area contributed by atoms with Crippen molar-refractivity contribution in [3.05, 3.63) is 36.0 Å². The third-order valence-corrected chi connectivity index (χ3v) is 6.53. The van der Waals surface area contributed by atoms with Gasteiger partial charge in [0.05, 0.1) is 12.1 Å². The second-order valence-corrected chi connectivity index (χ2v) is 9.03. The van der Waals surface area contributed by atoms with Gasteiger partial charge < -0.3 is 36.5 Å². The van der Waals surface area contributed by atoms with E-state index in [-0.39, 0.29) is 18.7 Å². The highest BCUT2D eigenvalue weighted by atomic mass is 32.1. The summed E-state index contributed by atoms with van der Waals surface area (Å²) >= 11 is 4.05. The number of rotatable bonds is 10. The SMILES string of the molecule is CC(O)C(NC(=O)C1CCCN1C(=O)C(Cc1c[nH]c2ccccc12)NC(=O)C(N)CS)C(=O)O. The van der Waals surface area contributed by atoms with Gasteiger partial charge in [0.1, 0.15) is 12.1 Å². The predicted octanol–water partition coefficient (Wildman–Crippen LogP) is -0.606. The second-order valence-electron chi connectivity index (χ2n) is 8.67. The third-order valence-electron chi connectivity index (χ3n) is 6.13. The summed E-state index contributed by atoms with van der Waals surface area (Å²) < 4.78 is 0. The van der Waals surface area contributed by atoms with Crippen molar-refractivity contribution in [2.24, 2.45) is 5.73 Å². The second kappa shape index (κ2) is 11.6. The standard InChI is InChI=1S/C23H31N5O6S/c1-12(29)19(23(33)34)27-21(31)18-7-4-8-28(18)22(32)17(26-20(30)15(24)11-35)9-13-10-25-16-6-3-2-5-14(13)16/h2-3,5-6,10,12,15,17-19,25,29,35H,4,7-9,11,24H2,1H3,(H,26,30)(H,27,31)(H,33,34). The molecule has 1 fully saturated rings. The van der Waals surface area contributed by atoms with Crippen LogP contribution in [0.5, 0.6) is 0 Å². The highest BCUT2D eigenvalue weighted by molar-refractivity contribution is 7.80. The van der Waals surface area contributed by atoms with E-state index in [4.69, 9.17) is 5.73 Å². The van der Waals surface area contributed by atoms with Crippen LogP contribution in [0.1, 0.15) is 25.3 Å². The van der Waals surface area contributed by atoms with E-state index in [2.05, 4.69) is 28.2 Å². The summed E-state index contributed by atoms with van der Waals surface area (Å²) in [5.41, 5.74) is 7.49. The lowest BCUT2D eigenvalue weighted by molar-refractivity contribution is -0.147. The number of amides is 3. The van der Waals surface area contributed by atoms with Crippen molar-refractivity contribution in [3.63, 3.8) is 0 Å². The summed E-state index contributed by atoms with van der Waals surface area (Å²) in [6.07, 6.45) is 1.46. The molecule has 7 N–H and O–H groups in total. The number of nitrogens with zero attached hydrogens (tertiary/aromatic N) is 1. The molecule has 1 aromatic carbocycles. The highest BCUT2D eigenvalue weighted by Gasteiger charge is 2.39. The average Bonchev–Trinajstić information content (AvgIpc) is 3.48. The van der Waals surface area contributed by atoms with E-state index in [1.165, 1.54) is 11.8 Å². The van der Waals surface area contributed by atoms with Gasteiger partial charge in [-0.15, -0.1) is 0 Å². The van der Waals surface area contributed by atoms with Gasteiger partial charge in [-0.1, -0.05) is 18.2 Å². The number of carboxylic acid groups (broad SMARTS) is 1. The Morgan fingerprint density at radius 1 is 1.26 bits per heavy atom. The Bertz CT molecular complexity index is 1090. The molecule has 190 valence electrons. The summed E-state index contributed by atoms with van der Waals surface area (Å²) in [6.45, 7) is 1.52. The van der Waals surface area contributed by atoms with Crippen LogP contribution in [-0.4, -0.2) is 86.4 Å².